The number of amides is 1. The van der Waals surface area contributed by atoms with E-state index < -0.39 is 10.0 Å². The Hall–Kier alpha value is -2.09. The fourth-order valence-electron chi connectivity index (χ4n) is 2.79. The molecular formula is C20H25ClN2O4S. The van der Waals surface area contributed by atoms with Gasteiger partial charge in [0.15, 0.2) is 6.61 Å². The average Bonchev–Trinajstić information content (AvgIpc) is 2.63. The molecule has 0 spiro atoms. The maximum atomic E-state index is 12.9. The highest BCUT2D eigenvalue weighted by Crippen LogP contribution is 2.30. The molecular weight excluding hydrogens is 400 g/mol. The van der Waals surface area contributed by atoms with Crippen LogP contribution in [0.5, 0.6) is 5.75 Å². The molecule has 0 aliphatic carbocycles. The van der Waals surface area contributed by atoms with Gasteiger partial charge >= 0.3 is 0 Å². The van der Waals surface area contributed by atoms with Crippen molar-refractivity contribution in [1.29, 1.82) is 0 Å². The van der Waals surface area contributed by atoms with E-state index >= 15 is 0 Å². The Bertz CT molecular complexity index is 957. The van der Waals surface area contributed by atoms with Gasteiger partial charge in [0.05, 0.1) is 0 Å². The number of hydrogen-bond acceptors (Lipinski definition) is 4. The van der Waals surface area contributed by atoms with Crippen molar-refractivity contribution in [2.75, 3.05) is 25.0 Å². The zero-order valence-corrected chi connectivity index (χ0v) is 18.0. The summed E-state index contributed by atoms with van der Waals surface area (Å²) < 4.78 is 32.6. The Balaban J connectivity index is 2.19. The molecule has 0 radical (unpaired) electrons. The van der Waals surface area contributed by atoms with Gasteiger partial charge in [0, 0.05) is 23.8 Å². The van der Waals surface area contributed by atoms with Gasteiger partial charge in [-0.3, -0.25) is 4.79 Å². The number of aryl methyl sites for hydroxylation is 2. The molecule has 0 aliphatic heterocycles. The van der Waals surface area contributed by atoms with Crippen LogP contribution in [0, 0.1) is 13.8 Å². The quantitative estimate of drug-likeness (QED) is 0.694. The van der Waals surface area contributed by atoms with Gasteiger partial charge in [-0.05, 0) is 43.7 Å². The van der Waals surface area contributed by atoms with Crippen LogP contribution in [0.1, 0.15) is 25.0 Å². The van der Waals surface area contributed by atoms with Crippen LogP contribution in [0.3, 0.4) is 0 Å². The van der Waals surface area contributed by atoms with Crippen LogP contribution < -0.4 is 10.1 Å². The zero-order valence-electron chi connectivity index (χ0n) is 16.5. The van der Waals surface area contributed by atoms with Crippen molar-refractivity contribution in [3.63, 3.8) is 0 Å². The summed E-state index contributed by atoms with van der Waals surface area (Å²) in [5.41, 5.74) is 2.72. The summed E-state index contributed by atoms with van der Waals surface area (Å²) in [7, 11) is -3.78. The Kier molecular flexibility index (Phi) is 7.46. The molecule has 28 heavy (non-hydrogen) atoms. The molecule has 152 valence electrons. The fraction of sp³-hybridized carbons (Fsp3) is 0.350. The predicted molar refractivity (Wildman–Crippen MR) is 112 cm³/mol. The summed E-state index contributed by atoms with van der Waals surface area (Å²) in [5, 5.41) is 3.05. The lowest BCUT2D eigenvalue weighted by Gasteiger charge is -2.20. The van der Waals surface area contributed by atoms with Gasteiger partial charge < -0.3 is 10.1 Å². The molecule has 2 aromatic carbocycles. The molecule has 0 saturated carbocycles. The van der Waals surface area contributed by atoms with Gasteiger partial charge in [-0.15, -0.1) is 0 Å². The first kappa shape index (κ1) is 22.2. The Labute approximate surface area is 171 Å². The number of hydrogen-bond donors (Lipinski definition) is 1. The molecule has 0 bridgehead atoms. The molecule has 8 heteroatoms. The third-order valence-corrected chi connectivity index (χ3v) is 6.55. The van der Waals surface area contributed by atoms with Crippen molar-refractivity contribution in [2.24, 2.45) is 0 Å². The molecule has 1 N–H and O–H groups in total. The molecule has 0 aliphatic rings. The third kappa shape index (κ3) is 5.25. The summed E-state index contributed by atoms with van der Waals surface area (Å²) in [5.74, 6) is -0.292. The number of sulfonamides is 1. The number of carbonyl (C=O) groups is 1. The number of carbonyl (C=O) groups excluding carboxylic acids is 1. The summed E-state index contributed by atoms with van der Waals surface area (Å²) in [4.78, 5) is 12.2. The van der Waals surface area contributed by atoms with Crippen molar-refractivity contribution in [3.05, 3.63) is 52.5 Å². The lowest BCUT2D eigenvalue weighted by atomic mass is 10.1. The normalized spacial score (nSPS) is 11.5. The first-order valence-corrected chi connectivity index (χ1v) is 10.8. The number of halogens is 1. The van der Waals surface area contributed by atoms with Crippen molar-refractivity contribution >= 4 is 33.2 Å². The predicted octanol–water partition coefficient (Wildman–Crippen LogP) is 4.00. The maximum absolute atomic E-state index is 12.9. The third-order valence-electron chi connectivity index (χ3n) is 4.24. The van der Waals surface area contributed by atoms with E-state index in [1.165, 1.54) is 22.5 Å². The minimum atomic E-state index is -3.78. The van der Waals surface area contributed by atoms with Crippen LogP contribution >= 0.6 is 11.6 Å². The second kappa shape index (κ2) is 9.41. The van der Waals surface area contributed by atoms with Crippen LogP contribution in [-0.4, -0.2) is 38.3 Å². The minimum Gasteiger partial charge on any atom is -0.482 e. The van der Waals surface area contributed by atoms with E-state index in [9.17, 15) is 13.2 Å². The number of nitrogens with one attached hydrogen (secondary N) is 1. The first-order valence-electron chi connectivity index (χ1n) is 8.98. The van der Waals surface area contributed by atoms with E-state index in [-0.39, 0.29) is 28.2 Å². The lowest BCUT2D eigenvalue weighted by molar-refractivity contribution is -0.118. The molecule has 0 fully saturated rings. The van der Waals surface area contributed by atoms with E-state index in [0.717, 1.165) is 11.1 Å². The van der Waals surface area contributed by atoms with Gasteiger partial charge in [-0.25, -0.2) is 8.42 Å². The molecule has 0 unspecified atom stereocenters. The second-order valence-corrected chi connectivity index (χ2v) is 8.68. The highest BCUT2D eigenvalue weighted by Gasteiger charge is 2.26. The minimum absolute atomic E-state index is 0.0528. The smallest absolute Gasteiger partial charge is 0.262 e. The van der Waals surface area contributed by atoms with Crippen LogP contribution in [-0.2, 0) is 14.8 Å². The number of ether oxygens (including phenoxy) is 1. The lowest BCUT2D eigenvalue weighted by Crippen LogP contribution is -2.31. The largest absolute Gasteiger partial charge is 0.482 e. The average molecular weight is 425 g/mol. The molecule has 0 atom stereocenters. The summed E-state index contributed by atoms with van der Waals surface area (Å²) in [6, 6.07) is 10.0. The zero-order chi connectivity index (χ0) is 20.9. The number of benzene rings is 2. The van der Waals surface area contributed by atoms with Crippen molar-refractivity contribution in [3.8, 4) is 5.75 Å². The van der Waals surface area contributed by atoms with E-state index in [0.29, 0.717) is 18.8 Å². The molecule has 0 saturated heterocycles. The number of anilines is 1. The molecule has 0 heterocycles. The summed E-state index contributed by atoms with van der Waals surface area (Å²) >= 11 is 6.00. The standard InChI is InChI=1S/C20H25ClN2O4S/c1-5-23(6-2)28(25,26)19-12-16(21)8-10-18(19)27-13-20(24)22-17-9-7-14(3)11-15(17)4/h7-12H,5-6,13H2,1-4H3,(H,22,24). The molecule has 0 aromatic heterocycles. The van der Waals surface area contributed by atoms with Gasteiger partial charge in [-0.1, -0.05) is 43.1 Å². The first-order chi connectivity index (χ1) is 13.2. The van der Waals surface area contributed by atoms with Crippen LogP contribution in [0.4, 0.5) is 5.69 Å². The number of nitrogens with zero attached hydrogens (tertiary/aromatic N) is 1. The second-order valence-electron chi connectivity index (χ2n) is 6.34. The van der Waals surface area contributed by atoms with Crippen molar-refractivity contribution in [1.82, 2.24) is 4.31 Å². The SMILES string of the molecule is CCN(CC)S(=O)(=O)c1cc(Cl)ccc1OCC(=O)Nc1ccc(C)cc1C. The van der Waals surface area contributed by atoms with E-state index in [1.807, 2.05) is 32.0 Å². The van der Waals surface area contributed by atoms with E-state index in [4.69, 9.17) is 16.3 Å². The highest BCUT2D eigenvalue weighted by molar-refractivity contribution is 7.89. The molecule has 2 rings (SSSR count). The molecule has 2 aromatic rings. The molecule has 1 amide bonds. The van der Waals surface area contributed by atoms with Crippen LogP contribution in [0.2, 0.25) is 5.02 Å². The highest BCUT2D eigenvalue weighted by atomic mass is 35.5. The maximum Gasteiger partial charge on any atom is 0.262 e. The topological polar surface area (TPSA) is 75.7 Å². The fourth-order valence-corrected chi connectivity index (χ4v) is 4.64. The van der Waals surface area contributed by atoms with Crippen LogP contribution in [0.15, 0.2) is 41.3 Å². The van der Waals surface area contributed by atoms with Gasteiger partial charge in [0.25, 0.3) is 5.91 Å². The molecule has 6 nitrogen and oxygen atoms in total. The van der Waals surface area contributed by atoms with Gasteiger partial charge in [0.2, 0.25) is 10.0 Å². The number of rotatable bonds is 8. The van der Waals surface area contributed by atoms with Crippen molar-refractivity contribution < 1.29 is 17.9 Å². The van der Waals surface area contributed by atoms with Gasteiger partial charge in [0.1, 0.15) is 10.6 Å². The summed E-state index contributed by atoms with van der Waals surface area (Å²) in [6.07, 6.45) is 0. The monoisotopic (exact) mass is 424 g/mol. The Morgan fingerprint density at radius 2 is 1.79 bits per heavy atom. The Morgan fingerprint density at radius 1 is 1.11 bits per heavy atom. The Morgan fingerprint density at radius 3 is 2.39 bits per heavy atom. The summed E-state index contributed by atoms with van der Waals surface area (Å²) in [6.45, 7) is 7.69. The van der Waals surface area contributed by atoms with Gasteiger partial charge in [-0.2, -0.15) is 4.31 Å². The van der Waals surface area contributed by atoms with E-state index in [1.54, 1.807) is 13.8 Å². The van der Waals surface area contributed by atoms with E-state index in [2.05, 4.69) is 5.32 Å². The van der Waals surface area contributed by atoms with Crippen molar-refractivity contribution in [2.45, 2.75) is 32.6 Å². The van der Waals surface area contributed by atoms with Crippen LogP contribution in [0.25, 0.3) is 0 Å².